The van der Waals surface area contributed by atoms with Gasteiger partial charge in [-0.15, -0.1) is 22.7 Å². The number of benzene rings is 1. The maximum atomic E-state index is 13.8. The van der Waals surface area contributed by atoms with Gasteiger partial charge in [0, 0.05) is 11.4 Å². The zero-order valence-electron chi connectivity index (χ0n) is 15.1. The Balaban J connectivity index is 1.67. The van der Waals surface area contributed by atoms with Crippen LogP contribution in [-0.4, -0.2) is 15.0 Å². The first-order chi connectivity index (χ1) is 14.0. The van der Waals surface area contributed by atoms with Gasteiger partial charge < -0.3 is 5.32 Å². The van der Waals surface area contributed by atoms with E-state index < -0.39 is 17.4 Å². The zero-order chi connectivity index (χ0) is 20.4. The van der Waals surface area contributed by atoms with Crippen LogP contribution in [0.25, 0.3) is 10.2 Å². The molecule has 0 saturated heterocycles. The molecule has 0 aliphatic carbocycles. The van der Waals surface area contributed by atoms with Crippen LogP contribution in [-0.2, 0) is 24.3 Å². The van der Waals surface area contributed by atoms with Crippen molar-refractivity contribution in [3.05, 3.63) is 84.8 Å². The molecule has 0 spiro atoms. The highest BCUT2D eigenvalue weighted by molar-refractivity contribution is 7.17. The largest absolute Gasteiger partial charge is 0.332 e. The highest BCUT2D eigenvalue weighted by Gasteiger charge is 2.17. The van der Waals surface area contributed by atoms with Crippen molar-refractivity contribution in [1.82, 2.24) is 9.13 Å². The summed E-state index contributed by atoms with van der Waals surface area (Å²) in [6.45, 7) is -0.0966. The smallest absolute Gasteiger partial charge is 0.322 e. The van der Waals surface area contributed by atoms with Gasteiger partial charge in [0.25, 0.3) is 5.56 Å². The summed E-state index contributed by atoms with van der Waals surface area (Å²) < 4.78 is 16.6. The van der Waals surface area contributed by atoms with Gasteiger partial charge in [-0.1, -0.05) is 18.2 Å². The first-order valence-corrected chi connectivity index (χ1v) is 10.6. The molecular weight excluding hydrogens is 413 g/mol. The van der Waals surface area contributed by atoms with Crippen LogP contribution in [0.3, 0.4) is 0 Å². The fourth-order valence-corrected chi connectivity index (χ4v) is 4.60. The SMILES string of the molecule is O=C(Cn1c(=O)n(CCc2cccs2)c(=O)c2sccc21)Nc1ccccc1F. The van der Waals surface area contributed by atoms with Crippen LogP contribution in [0.2, 0.25) is 0 Å². The van der Waals surface area contributed by atoms with E-state index in [9.17, 15) is 18.8 Å². The van der Waals surface area contributed by atoms with Crippen LogP contribution >= 0.6 is 22.7 Å². The average molecular weight is 429 g/mol. The van der Waals surface area contributed by atoms with Crippen LogP contribution < -0.4 is 16.6 Å². The van der Waals surface area contributed by atoms with E-state index in [2.05, 4.69) is 5.32 Å². The lowest BCUT2D eigenvalue weighted by molar-refractivity contribution is -0.116. The minimum atomic E-state index is -0.560. The van der Waals surface area contributed by atoms with Gasteiger partial charge in [0.05, 0.1) is 11.2 Å². The lowest BCUT2D eigenvalue weighted by Crippen LogP contribution is -2.41. The Labute approximate surface area is 172 Å². The summed E-state index contributed by atoms with van der Waals surface area (Å²) in [6.07, 6.45) is 0.547. The first-order valence-electron chi connectivity index (χ1n) is 8.82. The molecular formula is C20H16FN3O3S2. The maximum absolute atomic E-state index is 13.8. The highest BCUT2D eigenvalue weighted by Crippen LogP contribution is 2.17. The molecule has 3 aromatic heterocycles. The van der Waals surface area contributed by atoms with Gasteiger partial charge in [-0.3, -0.25) is 18.7 Å². The van der Waals surface area contributed by atoms with Crippen LogP contribution in [0.15, 0.2) is 62.8 Å². The van der Waals surface area contributed by atoms with Crippen molar-refractivity contribution >= 4 is 44.5 Å². The fourth-order valence-electron chi connectivity index (χ4n) is 3.06. The molecule has 0 bridgehead atoms. The number of thiophene rings is 2. The van der Waals surface area contributed by atoms with E-state index in [1.807, 2.05) is 17.5 Å². The second-order valence-electron chi connectivity index (χ2n) is 6.32. The second-order valence-corrected chi connectivity index (χ2v) is 8.27. The minimum absolute atomic E-state index is 0.0399. The van der Waals surface area contributed by atoms with Gasteiger partial charge in [-0.05, 0) is 41.4 Å². The van der Waals surface area contributed by atoms with E-state index >= 15 is 0 Å². The number of rotatable bonds is 6. The number of amides is 1. The summed E-state index contributed by atoms with van der Waals surface area (Å²) in [7, 11) is 0. The third kappa shape index (κ3) is 3.92. The number of fused-ring (bicyclic) bond motifs is 1. The molecule has 6 nitrogen and oxygen atoms in total. The Bertz CT molecular complexity index is 1290. The summed E-state index contributed by atoms with van der Waals surface area (Å²) >= 11 is 2.78. The Hall–Kier alpha value is -3.04. The average Bonchev–Trinajstić information content (AvgIpc) is 3.39. The predicted molar refractivity (Wildman–Crippen MR) is 113 cm³/mol. The number of hydrogen-bond donors (Lipinski definition) is 1. The van der Waals surface area contributed by atoms with Gasteiger partial charge in [-0.25, -0.2) is 9.18 Å². The molecule has 0 unspecified atom stereocenters. The molecule has 0 aliphatic rings. The van der Waals surface area contributed by atoms with Crippen LogP contribution in [0.5, 0.6) is 0 Å². The molecule has 29 heavy (non-hydrogen) atoms. The Morgan fingerprint density at radius 3 is 2.59 bits per heavy atom. The normalized spacial score (nSPS) is 11.1. The Kier molecular flexibility index (Phi) is 5.41. The lowest BCUT2D eigenvalue weighted by Gasteiger charge is -2.12. The minimum Gasteiger partial charge on any atom is -0.322 e. The molecule has 1 N–H and O–H groups in total. The van der Waals surface area contributed by atoms with E-state index in [1.165, 1.54) is 34.1 Å². The number of anilines is 1. The Morgan fingerprint density at radius 1 is 1.00 bits per heavy atom. The number of hydrogen-bond acceptors (Lipinski definition) is 5. The van der Waals surface area contributed by atoms with E-state index in [0.717, 1.165) is 9.44 Å². The number of carbonyl (C=O) groups is 1. The quantitative estimate of drug-likeness (QED) is 0.511. The molecule has 0 saturated carbocycles. The molecule has 1 amide bonds. The fraction of sp³-hybridized carbons (Fsp3) is 0.150. The van der Waals surface area contributed by atoms with Crippen LogP contribution in [0, 0.1) is 5.82 Å². The molecule has 0 fully saturated rings. The van der Waals surface area contributed by atoms with Crippen LogP contribution in [0.4, 0.5) is 10.1 Å². The zero-order valence-corrected chi connectivity index (χ0v) is 16.8. The molecule has 0 atom stereocenters. The second kappa shape index (κ2) is 8.14. The predicted octanol–water partition coefficient (Wildman–Crippen LogP) is 3.31. The number of para-hydroxylation sites is 1. The lowest BCUT2D eigenvalue weighted by atomic mass is 10.3. The van der Waals surface area contributed by atoms with Crippen molar-refractivity contribution in [2.75, 3.05) is 5.32 Å². The van der Waals surface area contributed by atoms with Crippen molar-refractivity contribution < 1.29 is 9.18 Å². The number of carbonyl (C=O) groups excluding carboxylic acids is 1. The maximum Gasteiger partial charge on any atom is 0.332 e. The topological polar surface area (TPSA) is 73.1 Å². The van der Waals surface area contributed by atoms with Gasteiger partial charge in [-0.2, -0.15) is 0 Å². The molecule has 4 aromatic rings. The number of aromatic nitrogens is 2. The highest BCUT2D eigenvalue weighted by atomic mass is 32.1. The van der Waals surface area contributed by atoms with Crippen molar-refractivity contribution in [3.63, 3.8) is 0 Å². The Morgan fingerprint density at radius 2 is 1.83 bits per heavy atom. The van der Waals surface area contributed by atoms with Crippen molar-refractivity contribution in [2.24, 2.45) is 0 Å². The van der Waals surface area contributed by atoms with Crippen molar-refractivity contribution in [1.29, 1.82) is 0 Å². The van der Waals surface area contributed by atoms with Crippen molar-refractivity contribution in [2.45, 2.75) is 19.5 Å². The van der Waals surface area contributed by atoms with Gasteiger partial charge in [0.15, 0.2) is 0 Å². The summed E-state index contributed by atoms with van der Waals surface area (Å²) in [6, 6.07) is 11.3. The number of halogens is 1. The molecule has 0 aliphatic heterocycles. The van der Waals surface area contributed by atoms with Crippen molar-refractivity contribution in [3.8, 4) is 0 Å². The molecule has 1 aromatic carbocycles. The van der Waals surface area contributed by atoms with Gasteiger partial charge in [0.1, 0.15) is 17.1 Å². The number of nitrogens with zero attached hydrogens (tertiary/aromatic N) is 2. The standard InChI is InChI=1S/C20H16FN3O3S2/c21-14-5-1-2-6-15(14)22-17(25)12-24-16-8-11-29-18(16)19(26)23(20(24)27)9-7-13-4-3-10-28-13/h1-6,8,10-11H,7,9,12H2,(H,22,25). The molecule has 148 valence electrons. The summed E-state index contributed by atoms with van der Waals surface area (Å²) in [4.78, 5) is 39.3. The molecule has 4 rings (SSSR count). The third-order valence-corrected chi connectivity index (χ3v) is 6.28. The van der Waals surface area contributed by atoms with E-state index in [-0.39, 0.29) is 24.3 Å². The first kappa shape index (κ1) is 19.3. The molecule has 3 heterocycles. The van der Waals surface area contributed by atoms with Gasteiger partial charge in [0.2, 0.25) is 5.91 Å². The van der Waals surface area contributed by atoms with E-state index in [0.29, 0.717) is 16.6 Å². The monoisotopic (exact) mass is 429 g/mol. The summed E-state index contributed by atoms with van der Waals surface area (Å²) in [5, 5.41) is 6.12. The van der Waals surface area contributed by atoms with E-state index in [1.54, 1.807) is 28.8 Å². The number of aryl methyl sites for hydroxylation is 1. The van der Waals surface area contributed by atoms with E-state index in [4.69, 9.17) is 0 Å². The third-order valence-electron chi connectivity index (χ3n) is 4.45. The van der Waals surface area contributed by atoms with Gasteiger partial charge >= 0.3 is 5.69 Å². The van der Waals surface area contributed by atoms with Crippen LogP contribution in [0.1, 0.15) is 4.88 Å². The summed E-state index contributed by atoms with van der Waals surface area (Å²) in [5.74, 6) is -1.11. The molecule has 0 radical (unpaired) electrons. The molecule has 9 heteroatoms. The summed E-state index contributed by atoms with van der Waals surface area (Å²) in [5.41, 5.74) is -0.470. The number of nitrogens with one attached hydrogen (secondary N) is 1.